The van der Waals surface area contributed by atoms with Crippen molar-refractivity contribution in [2.75, 3.05) is 47.2 Å². The monoisotopic (exact) mass is 540 g/mol. The van der Waals surface area contributed by atoms with E-state index in [2.05, 4.69) is 20.5 Å². The van der Waals surface area contributed by atoms with Gasteiger partial charge in [-0.1, -0.05) is 12.1 Å². The van der Waals surface area contributed by atoms with E-state index < -0.39 is 11.8 Å². The quantitative estimate of drug-likeness (QED) is 0.243. The first kappa shape index (κ1) is 24.9. The van der Waals surface area contributed by atoms with Gasteiger partial charge in [0.15, 0.2) is 11.5 Å². The summed E-state index contributed by atoms with van der Waals surface area (Å²) in [5.41, 5.74) is 3.23. The van der Waals surface area contributed by atoms with Gasteiger partial charge in [0, 0.05) is 53.2 Å². The lowest BCUT2D eigenvalue weighted by molar-refractivity contribution is 0.174. The molecule has 10 heteroatoms. The standard InChI is InChI=1S/C27H23Cl2FN4O3/c28-9-11-34(12-10-29)18-7-5-17(6-8-18)31-27(35)33-23-14-22(19-3-1-2-4-21(19)30)32-24-15-26-25(13-20(23)24)36-16-37-26/h1-8,13-15H,9-12,16H2,(H2,31,32,33,35). The van der Waals surface area contributed by atoms with Crippen molar-refractivity contribution in [2.24, 2.45) is 0 Å². The summed E-state index contributed by atoms with van der Waals surface area (Å²) in [4.78, 5) is 19.7. The van der Waals surface area contributed by atoms with Gasteiger partial charge >= 0.3 is 6.03 Å². The number of amides is 2. The van der Waals surface area contributed by atoms with Crippen molar-refractivity contribution >= 4 is 57.2 Å². The Labute approximate surface area is 223 Å². The zero-order valence-electron chi connectivity index (χ0n) is 19.6. The molecule has 5 rings (SSSR count). The van der Waals surface area contributed by atoms with Gasteiger partial charge in [0.2, 0.25) is 6.79 Å². The van der Waals surface area contributed by atoms with Gasteiger partial charge in [-0.25, -0.2) is 14.2 Å². The topological polar surface area (TPSA) is 75.7 Å². The highest BCUT2D eigenvalue weighted by Crippen LogP contribution is 2.39. The second-order valence-electron chi connectivity index (χ2n) is 8.25. The van der Waals surface area contributed by atoms with Gasteiger partial charge in [-0.2, -0.15) is 0 Å². The maximum absolute atomic E-state index is 14.6. The van der Waals surface area contributed by atoms with Crippen molar-refractivity contribution in [3.63, 3.8) is 0 Å². The minimum atomic E-state index is -0.462. The average Bonchev–Trinajstić information content (AvgIpc) is 3.35. The lowest BCUT2D eigenvalue weighted by Gasteiger charge is -2.23. The summed E-state index contributed by atoms with van der Waals surface area (Å²) in [7, 11) is 0. The lowest BCUT2D eigenvalue weighted by atomic mass is 10.1. The van der Waals surface area contributed by atoms with Crippen molar-refractivity contribution in [2.45, 2.75) is 0 Å². The average molecular weight is 541 g/mol. The maximum atomic E-state index is 14.6. The van der Waals surface area contributed by atoms with Crippen LogP contribution in [0.3, 0.4) is 0 Å². The van der Waals surface area contributed by atoms with Crippen LogP contribution in [-0.2, 0) is 0 Å². The molecule has 1 aliphatic rings. The Morgan fingerprint density at radius 1 is 0.946 bits per heavy atom. The fourth-order valence-electron chi connectivity index (χ4n) is 4.14. The largest absolute Gasteiger partial charge is 0.454 e. The van der Waals surface area contributed by atoms with E-state index in [0.717, 1.165) is 5.69 Å². The van der Waals surface area contributed by atoms with Crippen molar-refractivity contribution in [3.05, 3.63) is 72.5 Å². The lowest BCUT2D eigenvalue weighted by Crippen LogP contribution is -2.27. The second-order valence-corrected chi connectivity index (χ2v) is 9.00. The van der Waals surface area contributed by atoms with Crippen LogP contribution in [0.1, 0.15) is 0 Å². The Kier molecular flexibility index (Phi) is 7.48. The van der Waals surface area contributed by atoms with Crippen LogP contribution < -0.4 is 25.0 Å². The molecular formula is C27H23Cl2FN4O3. The summed E-state index contributed by atoms with van der Waals surface area (Å²) >= 11 is 11.8. The van der Waals surface area contributed by atoms with Gasteiger partial charge < -0.3 is 25.0 Å². The van der Waals surface area contributed by atoms with Crippen LogP contribution in [0.15, 0.2) is 66.7 Å². The molecule has 7 nitrogen and oxygen atoms in total. The molecule has 0 spiro atoms. The van der Waals surface area contributed by atoms with Gasteiger partial charge in [-0.3, -0.25) is 0 Å². The van der Waals surface area contributed by atoms with Crippen LogP contribution in [0, 0.1) is 5.82 Å². The third-order valence-electron chi connectivity index (χ3n) is 5.90. The molecule has 0 fully saturated rings. The number of fused-ring (bicyclic) bond motifs is 2. The molecule has 0 bridgehead atoms. The molecule has 4 aromatic rings. The number of anilines is 3. The van der Waals surface area contributed by atoms with Crippen LogP contribution in [0.5, 0.6) is 11.5 Å². The van der Waals surface area contributed by atoms with E-state index in [1.165, 1.54) is 6.07 Å². The number of nitrogens with one attached hydrogen (secondary N) is 2. The van der Waals surface area contributed by atoms with E-state index >= 15 is 0 Å². The SMILES string of the molecule is O=C(Nc1ccc(N(CCCl)CCCl)cc1)Nc1cc(-c2ccccc2F)nc2cc3c(cc12)OCO3. The minimum Gasteiger partial charge on any atom is -0.454 e. The highest BCUT2D eigenvalue weighted by Gasteiger charge is 2.19. The Balaban J connectivity index is 1.42. The van der Waals surface area contributed by atoms with Gasteiger partial charge in [-0.15, -0.1) is 23.2 Å². The summed E-state index contributed by atoms with van der Waals surface area (Å²) in [5.74, 6) is 1.63. The number of rotatable bonds is 8. The van der Waals surface area contributed by atoms with Crippen LogP contribution in [0.2, 0.25) is 0 Å². The Morgan fingerprint density at radius 3 is 2.35 bits per heavy atom. The van der Waals surface area contributed by atoms with E-state index in [1.54, 1.807) is 48.5 Å². The van der Waals surface area contributed by atoms with Crippen LogP contribution in [0.4, 0.5) is 26.2 Å². The summed E-state index contributed by atoms with van der Waals surface area (Å²) in [6, 6.07) is 18.4. The molecule has 1 aliphatic heterocycles. The third kappa shape index (κ3) is 5.50. The highest BCUT2D eigenvalue weighted by molar-refractivity contribution is 6.18. The molecule has 3 aromatic carbocycles. The molecule has 0 aliphatic carbocycles. The van der Waals surface area contributed by atoms with E-state index in [0.29, 0.717) is 69.9 Å². The van der Waals surface area contributed by atoms with E-state index in [4.69, 9.17) is 32.7 Å². The first-order valence-corrected chi connectivity index (χ1v) is 12.7. The molecule has 0 saturated carbocycles. The minimum absolute atomic E-state index is 0.0955. The number of benzene rings is 3. The molecule has 2 amide bonds. The molecule has 2 heterocycles. The summed E-state index contributed by atoms with van der Waals surface area (Å²) in [6.07, 6.45) is 0. The summed E-state index contributed by atoms with van der Waals surface area (Å²) in [5, 5.41) is 6.35. The van der Waals surface area contributed by atoms with Crippen LogP contribution >= 0.6 is 23.2 Å². The molecule has 190 valence electrons. The predicted molar refractivity (Wildman–Crippen MR) is 146 cm³/mol. The number of aromatic nitrogens is 1. The van der Waals surface area contributed by atoms with Crippen LogP contribution in [0.25, 0.3) is 22.2 Å². The number of ether oxygens (including phenoxy) is 2. The van der Waals surface area contributed by atoms with Gasteiger partial charge in [0.1, 0.15) is 5.82 Å². The number of nitrogens with zero attached hydrogens (tertiary/aromatic N) is 2. The second kappa shape index (κ2) is 11.1. The van der Waals surface area contributed by atoms with Crippen molar-refractivity contribution in [1.82, 2.24) is 4.98 Å². The maximum Gasteiger partial charge on any atom is 0.323 e. The zero-order chi connectivity index (χ0) is 25.8. The molecule has 0 saturated heterocycles. The molecule has 0 unspecified atom stereocenters. The third-order valence-corrected chi connectivity index (χ3v) is 6.24. The molecule has 2 N–H and O–H groups in total. The van der Waals surface area contributed by atoms with Gasteiger partial charge in [-0.05, 0) is 48.5 Å². The fourth-order valence-corrected chi connectivity index (χ4v) is 4.55. The zero-order valence-corrected chi connectivity index (χ0v) is 21.2. The van der Waals surface area contributed by atoms with E-state index in [-0.39, 0.29) is 6.79 Å². The van der Waals surface area contributed by atoms with Gasteiger partial charge in [0.25, 0.3) is 0 Å². The first-order valence-electron chi connectivity index (χ1n) is 11.6. The smallest absolute Gasteiger partial charge is 0.323 e. The summed E-state index contributed by atoms with van der Waals surface area (Å²) in [6.45, 7) is 1.43. The van der Waals surface area contributed by atoms with Crippen LogP contribution in [-0.4, -0.2) is 42.7 Å². The normalized spacial score (nSPS) is 12.0. The Hall–Kier alpha value is -3.75. The van der Waals surface area contributed by atoms with E-state index in [9.17, 15) is 9.18 Å². The number of urea groups is 1. The number of carbonyl (C=O) groups is 1. The van der Waals surface area contributed by atoms with E-state index in [1.807, 2.05) is 12.1 Å². The molecule has 1 aromatic heterocycles. The number of hydrogen-bond acceptors (Lipinski definition) is 5. The van der Waals surface area contributed by atoms with Crippen molar-refractivity contribution in [3.8, 4) is 22.8 Å². The molecule has 0 atom stereocenters. The highest BCUT2D eigenvalue weighted by atomic mass is 35.5. The van der Waals surface area contributed by atoms with Crippen molar-refractivity contribution in [1.29, 1.82) is 0 Å². The molecule has 0 radical (unpaired) electrons. The number of pyridine rings is 1. The molecule has 37 heavy (non-hydrogen) atoms. The predicted octanol–water partition coefficient (Wildman–Crippen LogP) is 6.70. The number of carbonyl (C=O) groups excluding carboxylic acids is 1. The summed E-state index contributed by atoms with van der Waals surface area (Å²) < 4.78 is 25.5. The Morgan fingerprint density at radius 2 is 1.65 bits per heavy atom. The number of alkyl halides is 2. The number of halogens is 3. The first-order chi connectivity index (χ1) is 18.1. The number of hydrogen-bond donors (Lipinski definition) is 2. The fraction of sp³-hybridized carbons (Fsp3) is 0.185. The van der Waals surface area contributed by atoms with Gasteiger partial charge in [0.05, 0.1) is 16.9 Å². The van der Waals surface area contributed by atoms with Crippen molar-refractivity contribution < 1.29 is 18.7 Å². The molecular weight excluding hydrogens is 518 g/mol. The Bertz CT molecular complexity index is 1430.